The van der Waals surface area contributed by atoms with E-state index in [1.165, 1.54) is 0 Å². The van der Waals surface area contributed by atoms with E-state index in [0.29, 0.717) is 18.7 Å². The predicted molar refractivity (Wildman–Crippen MR) is 68.0 cm³/mol. The van der Waals surface area contributed by atoms with Crippen molar-refractivity contribution in [1.82, 2.24) is 4.98 Å². The summed E-state index contributed by atoms with van der Waals surface area (Å²) in [6.07, 6.45) is 3.13. The number of rotatable bonds is 7. The second kappa shape index (κ2) is 7.58. The molecule has 4 nitrogen and oxygen atoms in total. The fourth-order valence-corrected chi connectivity index (χ4v) is 1.75. The summed E-state index contributed by atoms with van der Waals surface area (Å²) in [5, 5.41) is 0. The molecule has 0 N–H and O–H groups in total. The van der Waals surface area contributed by atoms with Gasteiger partial charge in [-0.2, -0.15) is 0 Å². The lowest BCUT2D eigenvalue weighted by Crippen LogP contribution is -2.27. The molecule has 1 aromatic rings. The Bertz CT molecular complexity index is 389. The molecule has 1 atom stereocenters. The van der Waals surface area contributed by atoms with Crippen LogP contribution in [0.15, 0.2) is 24.4 Å². The van der Waals surface area contributed by atoms with E-state index < -0.39 is 11.9 Å². The zero-order valence-electron chi connectivity index (χ0n) is 10.9. The maximum Gasteiger partial charge on any atom is 0.316 e. The van der Waals surface area contributed by atoms with E-state index in [-0.39, 0.29) is 12.2 Å². The summed E-state index contributed by atoms with van der Waals surface area (Å²) in [7, 11) is 0. The van der Waals surface area contributed by atoms with Crippen LogP contribution in [0.4, 0.5) is 0 Å². The van der Waals surface area contributed by atoms with Crippen molar-refractivity contribution in [2.45, 2.75) is 33.1 Å². The Hall–Kier alpha value is -1.71. The average Bonchev–Trinajstić information content (AvgIpc) is 2.37. The SMILES string of the molecule is CCCC(C(=O)Cc1ccccn1)C(=O)OCC. The minimum atomic E-state index is -0.656. The molecule has 0 aromatic carbocycles. The van der Waals surface area contributed by atoms with E-state index >= 15 is 0 Å². The van der Waals surface area contributed by atoms with Crippen molar-refractivity contribution in [2.75, 3.05) is 6.61 Å². The van der Waals surface area contributed by atoms with Crippen LogP contribution in [0.3, 0.4) is 0 Å². The molecule has 1 aromatic heterocycles. The molecule has 0 saturated heterocycles. The highest BCUT2D eigenvalue weighted by Gasteiger charge is 2.26. The van der Waals surface area contributed by atoms with Crippen LogP contribution < -0.4 is 0 Å². The lowest BCUT2D eigenvalue weighted by Gasteiger charge is -2.13. The molecule has 0 aliphatic carbocycles. The van der Waals surface area contributed by atoms with Gasteiger partial charge in [0.2, 0.25) is 0 Å². The van der Waals surface area contributed by atoms with E-state index in [9.17, 15) is 9.59 Å². The molecule has 0 spiro atoms. The zero-order chi connectivity index (χ0) is 13.4. The molecule has 1 rings (SSSR count). The van der Waals surface area contributed by atoms with Gasteiger partial charge >= 0.3 is 5.97 Å². The first kappa shape index (κ1) is 14.4. The predicted octanol–water partition coefficient (Wildman–Crippen LogP) is 2.17. The maximum absolute atomic E-state index is 12.1. The number of esters is 1. The summed E-state index contributed by atoms with van der Waals surface area (Å²) in [4.78, 5) is 27.9. The molecular formula is C14H19NO3. The van der Waals surface area contributed by atoms with Crippen LogP contribution in [-0.4, -0.2) is 23.3 Å². The van der Waals surface area contributed by atoms with Crippen molar-refractivity contribution >= 4 is 11.8 Å². The number of Topliss-reactive ketones (excluding diaryl/α,β-unsaturated/α-hetero) is 1. The molecule has 0 bridgehead atoms. The normalized spacial score (nSPS) is 11.9. The van der Waals surface area contributed by atoms with Gasteiger partial charge in [0.15, 0.2) is 5.78 Å². The number of carbonyl (C=O) groups excluding carboxylic acids is 2. The van der Waals surface area contributed by atoms with Crippen molar-refractivity contribution in [2.24, 2.45) is 5.92 Å². The van der Waals surface area contributed by atoms with Crippen molar-refractivity contribution in [1.29, 1.82) is 0 Å². The van der Waals surface area contributed by atoms with Gasteiger partial charge in [-0.15, -0.1) is 0 Å². The highest BCUT2D eigenvalue weighted by Crippen LogP contribution is 2.13. The van der Waals surface area contributed by atoms with Gasteiger partial charge in [-0.1, -0.05) is 19.4 Å². The van der Waals surface area contributed by atoms with Gasteiger partial charge in [0.05, 0.1) is 6.61 Å². The first-order valence-electron chi connectivity index (χ1n) is 6.28. The number of nitrogens with zero attached hydrogens (tertiary/aromatic N) is 1. The van der Waals surface area contributed by atoms with Crippen LogP contribution in [-0.2, 0) is 20.7 Å². The summed E-state index contributed by atoms with van der Waals surface area (Å²) >= 11 is 0. The summed E-state index contributed by atoms with van der Waals surface area (Å²) in [6, 6.07) is 5.41. The molecule has 0 aliphatic heterocycles. The second-order valence-corrected chi connectivity index (χ2v) is 4.06. The topological polar surface area (TPSA) is 56.3 Å². The number of hydrogen-bond acceptors (Lipinski definition) is 4. The zero-order valence-corrected chi connectivity index (χ0v) is 10.9. The minimum Gasteiger partial charge on any atom is -0.465 e. The minimum absolute atomic E-state index is 0.117. The Kier molecular flexibility index (Phi) is 6.05. The van der Waals surface area contributed by atoms with Gasteiger partial charge in [0.25, 0.3) is 0 Å². The third-order valence-corrected chi connectivity index (χ3v) is 2.62. The highest BCUT2D eigenvalue weighted by atomic mass is 16.5. The standard InChI is InChI=1S/C14H19NO3/c1-3-7-12(14(17)18-4-2)13(16)10-11-8-5-6-9-15-11/h5-6,8-9,12H,3-4,7,10H2,1-2H3. The Morgan fingerprint density at radius 3 is 2.67 bits per heavy atom. The fourth-order valence-electron chi connectivity index (χ4n) is 1.75. The van der Waals surface area contributed by atoms with Crippen molar-refractivity contribution in [3.63, 3.8) is 0 Å². The second-order valence-electron chi connectivity index (χ2n) is 4.06. The third-order valence-electron chi connectivity index (χ3n) is 2.62. The van der Waals surface area contributed by atoms with Crippen LogP contribution in [0.25, 0.3) is 0 Å². The molecule has 0 saturated carbocycles. The summed E-state index contributed by atoms with van der Waals surface area (Å²) in [6.45, 7) is 3.99. The number of pyridine rings is 1. The lowest BCUT2D eigenvalue weighted by molar-refractivity contribution is -0.151. The Morgan fingerprint density at radius 2 is 2.11 bits per heavy atom. The maximum atomic E-state index is 12.1. The summed E-state index contributed by atoms with van der Waals surface area (Å²) in [5.41, 5.74) is 0.688. The molecule has 4 heteroatoms. The molecule has 0 fully saturated rings. The molecule has 0 aliphatic rings. The number of ketones is 1. The molecule has 18 heavy (non-hydrogen) atoms. The number of ether oxygens (including phenoxy) is 1. The van der Waals surface area contributed by atoms with Crippen LogP contribution in [0.5, 0.6) is 0 Å². The smallest absolute Gasteiger partial charge is 0.316 e. The van der Waals surface area contributed by atoms with Gasteiger partial charge in [0, 0.05) is 18.3 Å². The molecule has 0 amide bonds. The Labute approximate surface area is 107 Å². The molecular weight excluding hydrogens is 230 g/mol. The van der Waals surface area contributed by atoms with Crippen molar-refractivity contribution in [3.05, 3.63) is 30.1 Å². The summed E-state index contributed by atoms with van der Waals surface area (Å²) < 4.78 is 4.94. The third kappa shape index (κ3) is 4.28. The average molecular weight is 249 g/mol. The largest absolute Gasteiger partial charge is 0.465 e. The van der Waals surface area contributed by atoms with Crippen molar-refractivity contribution in [3.8, 4) is 0 Å². The van der Waals surface area contributed by atoms with Gasteiger partial charge in [-0.05, 0) is 25.5 Å². The van der Waals surface area contributed by atoms with Gasteiger partial charge < -0.3 is 4.74 Å². The van der Waals surface area contributed by atoms with Crippen LogP contribution >= 0.6 is 0 Å². The number of aromatic nitrogens is 1. The van der Waals surface area contributed by atoms with Gasteiger partial charge in [-0.25, -0.2) is 0 Å². The molecule has 1 unspecified atom stereocenters. The van der Waals surface area contributed by atoms with Crippen LogP contribution in [0, 0.1) is 5.92 Å². The number of carbonyl (C=O) groups is 2. The van der Waals surface area contributed by atoms with E-state index in [1.807, 2.05) is 13.0 Å². The fraction of sp³-hybridized carbons (Fsp3) is 0.500. The summed E-state index contributed by atoms with van der Waals surface area (Å²) in [5.74, 6) is -1.19. The van der Waals surface area contributed by atoms with Crippen molar-refractivity contribution < 1.29 is 14.3 Å². The quantitative estimate of drug-likeness (QED) is 0.549. The van der Waals surface area contributed by atoms with E-state index in [1.54, 1.807) is 25.3 Å². The molecule has 1 heterocycles. The molecule has 98 valence electrons. The van der Waals surface area contributed by atoms with Crippen LogP contribution in [0.2, 0.25) is 0 Å². The first-order valence-corrected chi connectivity index (χ1v) is 6.28. The lowest BCUT2D eigenvalue weighted by atomic mass is 9.95. The van der Waals surface area contributed by atoms with E-state index in [2.05, 4.69) is 4.98 Å². The van der Waals surface area contributed by atoms with Crippen LogP contribution in [0.1, 0.15) is 32.4 Å². The van der Waals surface area contributed by atoms with E-state index in [4.69, 9.17) is 4.74 Å². The Balaban J connectivity index is 2.68. The highest BCUT2D eigenvalue weighted by molar-refractivity contribution is 5.99. The molecule has 0 radical (unpaired) electrons. The number of hydrogen-bond donors (Lipinski definition) is 0. The first-order chi connectivity index (χ1) is 8.69. The van der Waals surface area contributed by atoms with E-state index in [0.717, 1.165) is 6.42 Å². The van der Waals surface area contributed by atoms with Gasteiger partial charge in [0.1, 0.15) is 5.92 Å². The van der Waals surface area contributed by atoms with Gasteiger partial charge in [-0.3, -0.25) is 14.6 Å². The Morgan fingerprint density at radius 1 is 1.33 bits per heavy atom. The monoisotopic (exact) mass is 249 g/mol.